The third kappa shape index (κ3) is 5.43. The van der Waals surface area contributed by atoms with Gasteiger partial charge in [0.2, 0.25) is 0 Å². The van der Waals surface area contributed by atoms with Crippen LogP contribution in [-0.4, -0.2) is 56.5 Å². The number of hydrogen-bond donors (Lipinski definition) is 2. The van der Waals surface area contributed by atoms with Crippen LogP contribution in [0, 0.1) is 11.8 Å². The molecule has 9 heteroatoms. The van der Waals surface area contributed by atoms with Crippen LogP contribution in [0.3, 0.4) is 0 Å². The molecule has 1 aliphatic rings. The van der Waals surface area contributed by atoms with E-state index in [9.17, 15) is 9.90 Å². The minimum absolute atomic E-state index is 0.0435. The highest BCUT2D eigenvalue weighted by Gasteiger charge is 2.35. The Morgan fingerprint density at radius 1 is 1.30 bits per heavy atom. The Morgan fingerprint density at radius 3 is 2.89 bits per heavy atom. The van der Waals surface area contributed by atoms with Gasteiger partial charge in [-0.1, -0.05) is 29.7 Å². The molecule has 4 aromatic rings. The van der Waals surface area contributed by atoms with Crippen LogP contribution in [0.2, 0.25) is 5.02 Å². The summed E-state index contributed by atoms with van der Waals surface area (Å²) in [5, 5.41) is 12.0. The van der Waals surface area contributed by atoms with Gasteiger partial charge in [-0.05, 0) is 54.8 Å². The number of nitrogens with one attached hydrogen (secondary N) is 1. The lowest BCUT2D eigenvalue weighted by Gasteiger charge is -2.35. The minimum atomic E-state index is -0.676. The summed E-state index contributed by atoms with van der Waals surface area (Å²) >= 11 is 6.28. The Balaban J connectivity index is 1.39. The van der Waals surface area contributed by atoms with Gasteiger partial charge in [0.05, 0.1) is 12.9 Å². The molecule has 0 fully saturated rings. The molecule has 0 bridgehead atoms. The van der Waals surface area contributed by atoms with Crippen molar-refractivity contribution in [2.75, 3.05) is 19.8 Å². The predicted octanol–water partition coefficient (Wildman–Crippen LogP) is 4.57. The van der Waals surface area contributed by atoms with Gasteiger partial charge in [-0.2, -0.15) is 0 Å². The molecule has 0 aliphatic carbocycles. The van der Waals surface area contributed by atoms with E-state index in [0.717, 1.165) is 27.7 Å². The number of amides is 1. The van der Waals surface area contributed by atoms with Crippen molar-refractivity contribution in [2.24, 2.45) is 0 Å². The fourth-order valence-corrected chi connectivity index (χ4v) is 4.86. The van der Waals surface area contributed by atoms with Crippen LogP contribution in [0.5, 0.6) is 5.75 Å². The van der Waals surface area contributed by atoms with Crippen molar-refractivity contribution in [3.8, 4) is 17.6 Å². The van der Waals surface area contributed by atoms with Gasteiger partial charge in [0.1, 0.15) is 24.5 Å². The summed E-state index contributed by atoms with van der Waals surface area (Å²) in [6.07, 6.45) is 4.69. The predicted molar refractivity (Wildman–Crippen MR) is 141 cm³/mol. The molecular formula is C28H27ClN4O4. The Kier molecular flexibility index (Phi) is 7.35. The number of H-pyrrole nitrogens is 1. The van der Waals surface area contributed by atoms with Gasteiger partial charge in [-0.15, -0.1) is 5.92 Å². The van der Waals surface area contributed by atoms with Gasteiger partial charge in [0.25, 0.3) is 0 Å². The maximum atomic E-state index is 13.1. The van der Waals surface area contributed by atoms with Crippen LogP contribution in [0.15, 0.2) is 61.2 Å². The van der Waals surface area contributed by atoms with E-state index in [1.807, 2.05) is 42.5 Å². The van der Waals surface area contributed by atoms with Crippen molar-refractivity contribution in [3.05, 3.63) is 83.0 Å². The summed E-state index contributed by atoms with van der Waals surface area (Å²) in [4.78, 5) is 22.3. The zero-order valence-electron chi connectivity index (χ0n) is 20.4. The number of ether oxygens (including phenoxy) is 2. The monoisotopic (exact) mass is 518 g/mol. The maximum Gasteiger partial charge on any atom is 0.411 e. The summed E-state index contributed by atoms with van der Waals surface area (Å²) in [7, 11) is 0. The SMILES string of the molecule is CC#CCOC(=O)N1CCc2c([nH]c3ccc(Cl)cc23)C1c1ccc(OCC(O)Cn2ccnc2)cc1. The molecule has 3 heterocycles. The second-order valence-corrected chi connectivity index (χ2v) is 9.26. The number of imidazole rings is 1. The Bertz CT molecular complexity index is 1440. The molecule has 2 N–H and O–H groups in total. The first kappa shape index (κ1) is 24.8. The largest absolute Gasteiger partial charge is 0.491 e. The lowest BCUT2D eigenvalue weighted by molar-refractivity contribution is 0.0922. The molecule has 8 nitrogen and oxygen atoms in total. The summed E-state index contributed by atoms with van der Waals surface area (Å²) < 4.78 is 13.0. The van der Waals surface area contributed by atoms with Crippen LogP contribution in [0.4, 0.5) is 4.79 Å². The number of benzene rings is 2. The molecule has 0 radical (unpaired) electrons. The summed E-state index contributed by atoms with van der Waals surface area (Å²) in [5.74, 6) is 6.15. The Hall–Kier alpha value is -3.93. The van der Waals surface area contributed by atoms with E-state index < -0.39 is 12.2 Å². The normalized spacial score (nSPS) is 15.5. The van der Waals surface area contributed by atoms with Crippen LogP contribution in [0.25, 0.3) is 10.9 Å². The number of hydrogen-bond acceptors (Lipinski definition) is 5. The number of fused-ring (bicyclic) bond motifs is 3. The summed E-state index contributed by atoms with van der Waals surface area (Å²) in [5.41, 5.74) is 3.95. The first-order valence-electron chi connectivity index (χ1n) is 12.0. The summed E-state index contributed by atoms with van der Waals surface area (Å²) in [6, 6.07) is 12.9. The molecule has 2 aromatic heterocycles. The van der Waals surface area contributed by atoms with Crippen molar-refractivity contribution in [2.45, 2.75) is 32.0 Å². The molecule has 5 rings (SSSR count). The Morgan fingerprint density at radius 2 is 2.14 bits per heavy atom. The van der Waals surface area contributed by atoms with Crippen LogP contribution in [0.1, 0.15) is 29.8 Å². The van der Waals surface area contributed by atoms with Gasteiger partial charge in [0, 0.05) is 40.6 Å². The highest BCUT2D eigenvalue weighted by atomic mass is 35.5. The lowest BCUT2D eigenvalue weighted by atomic mass is 9.92. The second-order valence-electron chi connectivity index (χ2n) is 8.83. The van der Waals surface area contributed by atoms with Crippen molar-refractivity contribution in [1.82, 2.24) is 19.4 Å². The van der Waals surface area contributed by atoms with E-state index in [1.54, 1.807) is 35.1 Å². The average molecular weight is 519 g/mol. The number of aliphatic hydroxyl groups is 1. The number of carbonyl (C=O) groups is 1. The van der Waals surface area contributed by atoms with E-state index in [1.165, 1.54) is 0 Å². The number of aromatic amines is 1. The topological polar surface area (TPSA) is 92.6 Å². The standard InChI is InChI=1S/C28H27ClN4O4/c1-2-3-14-36-28(35)33-12-10-23-24-15-20(29)6-9-25(24)31-26(23)27(33)19-4-7-22(8-5-19)37-17-21(34)16-32-13-11-30-18-32/h4-9,11,13,15,18,21,27,31,34H,10,12,14,16-17H2,1H3. The number of carbonyl (C=O) groups excluding carboxylic acids is 1. The highest BCUT2D eigenvalue weighted by Crippen LogP contribution is 2.39. The smallest absolute Gasteiger partial charge is 0.411 e. The van der Waals surface area contributed by atoms with Gasteiger partial charge < -0.3 is 24.1 Å². The van der Waals surface area contributed by atoms with Crippen LogP contribution in [-0.2, 0) is 17.7 Å². The van der Waals surface area contributed by atoms with E-state index in [-0.39, 0.29) is 19.3 Å². The van der Waals surface area contributed by atoms with E-state index >= 15 is 0 Å². The number of rotatable bonds is 7. The third-order valence-electron chi connectivity index (χ3n) is 6.39. The van der Waals surface area contributed by atoms with Gasteiger partial charge in [-0.3, -0.25) is 4.90 Å². The molecule has 2 atom stereocenters. The quantitative estimate of drug-likeness (QED) is 0.350. The minimum Gasteiger partial charge on any atom is -0.491 e. The van der Waals surface area contributed by atoms with Crippen molar-refractivity contribution >= 4 is 28.6 Å². The van der Waals surface area contributed by atoms with Gasteiger partial charge in [0.15, 0.2) is 6.61 Å². The molecule has 0 saturated carbocycles. The molecule has 37 heavy (non-hydrogen) atoms. The molecule has 1 amide bonds. The number of halogens is 1. The van der Waals surface area contributed by atoms with Crippen LogP contribution < -0.4 is 4.74 Å². The number of aromatic nitrogens is 3. The van der Waals surface area contributed by atoms with Crippen molar-refractivity contribution in [3.63, 3.8) is 0 Å². The fraction of sp³-hybridized carbons (Fsp3) is 0.286. The lowest BCUT2D eigenvalue weighted by Crippen LogP contribution is -2.41. The third-order valence-corrected chi connectivity index (χ3v) is 6.62. The average Bonchev–Trinajstić information content (AvgIpc) is 3.55. The Labute approximate surface area is 219 Å². The van der Waals surface area contributed by atoms with Crippen molar-refractivity contribution < 1.29 is 19.4 Å². The number of aliphatic hydroxyl groups excluding tert-OH is 1. The van der Waals surface area contributed by atoms with Crippen LogP contribution >= 0.6 is 11.6 Å². The first-order chi connectivity index (χ1) is 18.0. The van der Waals surface area contributed by atoms with Gasteiger partial charge >= 0.3 is 6.09 Å². The molecule has 1 aliphatic heterocycles. The van der Waals surface area contributed by atoms with E-state index in [2.05, 4.69) is 21.8 Å². The maximum absolute atomic E-state index is 13.1. The number of nitrogens with zero attached hydrogens (tertiary/aromatic N) is 3. The first-order valence-corrected chi connectivity index (χ1v) is 12.4. The molecule has 2 unspecified atom stereocenters. The molecule has 0 saturated heterocycles. The van der Waals surface area contributed by atoms with E-state index in [0.29, 0.717) is 30.3 Å². The second kappa shape index (κ2) is 11.0. The fourth-order valence-electron chi connectivity index (χ4n) is 4.69. The van der Waals surface area contributed by atoms with Crippen molar-refractivity contribution in [1.29, 1.82) is 0 Å². The molecule has 2 aromatic carbocycles. The van der Waals surface area contributed by atoms with Gasteiger partial charge in [-0.25, -0.2) is 9.78 Å². The molecular weight excluding hydrogens is 492 g/mol. The molecule has 190 valence electrons. The zero-order chi connectivity index (χ0) is 25.8. The molecule has 0 spiro atoms. The highest BCUT2D eigenvalue weighted by molar-refractivity contribution is 6.31. The summed E-state index contributed by atoms with van der Waals surface area (Å²) in [6.45, 7) is 2.79. The zero-order valence-corrected chi connectivity index (χ0v) is 21.1. The van der Waals surface area contributed by atoms with E-state index in [4.69, 9.17) is 21.1 Å².